The van der Waals surface area contributed by atoms with Gasteiger partial charge in [0.2, 0.25) is 0 Å². The number of aromatic hydroxyl groups is 1. The summed E-state index contributed by atoms with van der Waals surface area (Å²) in [5.41, 5.74) is 5.18. The molecule has 0 fully saturated rings. The molecule has 3 rings (SSSR count). The molecule has 2 heteroatoms. The summed E-state index contributed by atoms with van der Waals surface area (Å²) in [5, 5.41) is 9.47. The van der Waals surface area contributed by atoms with Crippen molar-refractivity contribution in [1.29, 1.82) is 0 Å². The molecule has 0 saturated carbocycles. The van der Waals surface area contributed by atoms with Gasteiger partial charge in [-0.15, -0.1) is 0 Å². The average molecular weight is 275 g/mol. The molecule has 1 aliphatic carbocycles. The van der Waals surface area contributed by atoms with Gasteiger partial charge in [-0.2, -0.15) is 0 Å². The van der Waals surface area contributed by atoms with Gasteiger partial charge in [0, 0.05) is 4.47 Å². The molecule has 0 aromatic heterocycles. The first kappa shape index (κ1) is 9.91. The van der Waals surface area contributed by atoms with Crippen molar-refractivity contribution in [3.05, 3.63) is 52.0 Å². The van der Waals surface area contributed by atoms with Gasteiger partial charge in [-0.1, -0.05) is 28.1 Å². The highest BCUT2D eigenvalue weighted by Crippen LogP contribution is 2.36. The molecule has 0 amide bonds. The molecule has 0 spiro atoms. The van der Waals surface area contributed by atoms with Crippen molar-refractivity contribution in [2.75, 3.05) is 0 Å². The number of rotatable bonds is 0. The van der Waals surface area contributed by atoms with Crippen molar-refractivity contribution >= 4 is 15.9 Å². The minimum atomic E-state index is 0.360. The lowest BCUT2D eigenvalue weighted by Crippen LogP contribution is -2.03. The zero-order chi connectivity index (χ0) is 11.1. The van der Waals surface area contributed by atoms with E-state index in [2.05, 4.69) is 34.1 Å². The highest BCUT2D eigenvalue weighted by atomic mass is 79.9. The number of phenols is 1. The second kappa shape index (κ2) is 3.63. The molecule has 0 heterocycles. The van der Waals surface area contributed by atoms with Crippen molar-refractivity contribution in [2.24, 2.45) is 0 Å². The third kappa shape index (κ3) is 1.54. The SMILES string of the molecule is Oc1ccc2c(c1)CCc1cc(Br)ccc1-2. The molecule has 2 aromatic rings. The number of phenolic OH excluding ortho intramolecular Hbond substituents is 1. The number of benzene rings is 2. The molecule has 2 aromatic carbocycles. The van der Waals surface area contributed by atoms with E-state index >= 15 is 0 Å². The Labute approximate surface area is 103 Å². The predicted molar refractivity (Wildman–Crippen MR) is 68.7 cm³/mol. The molecule has 0 atom stereocenters. The molecule has 0 aliphatic heterocycles. The van der Waals surface area contributed by atoms with Crippen LogP contribution in [0.4, 0.5) is 0 Å². The molecule has 1 aliphatic rings. The van der Waals surface area contributed by atoms with Crippen molar-refractivity contribution in [3.63, 3.8) is 0 Å². The Morgan fingerprint density at radius 1 is 0.875 bits per heavy atom. The summed E-state index contributed by atoms with van der Waals surface area (Å²) in [7, 11) is 0. The van der Waals surface area contributed by atoms with E-state index < -0.39 is 0 Å². The van der Waals surface area contributed by atoms with E-state index in [0.29, 0.717) is 5.75 Å². The maximum Gasteiger partial charge on any atom is 0.115 e. The van der Waals surface area contributed by atoms with Gasteiger partial charge in [0.15, 0.2) is 0 Å². The topological polar surface area (TPSA) is 20.2 Å². The summed E-state index contributed by atoms with van der Waals surface area (Å²) in [6.07, 6.45) is 2.05. The monoisotopic (exact) mass is 274 g/mol. The van der Waals surface area contributed by atoms with Crippen LogP contribution in [0.2, 0.25) is 0 Å². The highest BCUT2D eigenvalue weighted by Gasteiger charge is 2.16. The Morgan fingerprint density at radius 3 is 2.25 bits per heavy atom. The number of halogens is 1. The number of aryl methyl sites for hydroxylation is 2. The van der Waals surface area contributed by atoms with Crippen LogP contribution in [-0.2, 0) is 12.8 Å². The summed E-state index contributed by atoms with van der Waals surface area (Å²) in [6, 6.07) is 12.0. The van der Waals surface area contributed by atoms with Crippen LogP contribution in [0.5, 0.6) is 5.75 Å². The maximum absolute atomic E-state index is 9.47. The highest BCUT2D eigenvalue weighted by molar-refractivity contribution is 9.10. The van der Waals surface area contributed by atoms with Gasteiger partial charge in [0.1, 0.15) is 5.75 Å². The second-order valence-corrected chi connectivity index (χ2v) is 5.06. The first-order valence-corrected chi connectivity index (χ1v) is 6.14. The van der Waals surface area contributed by atoms with Gasteiger partial charge in [-0.3, -0.25) is 0 Å². The standard InChI is InChI=1S/C14H11BrO/c15-11-3-5-13-9(7-11)1-2-10-8-12(16)4-6-14(10)13/h3-8,16H,1-2H2. The lowest BCUT2D eigenvalue weighted by atomic mass is 9.86. The summed E-state index contributed by atoms with van der Waals surface area (Å²) < 4.78 is 1.13. The van der Waals surface area contributed by atoms with Crippen LogP contribution in [-0.4, -0.2) is 5.11 Å². The zero-order valence-electron chi connectivity index (χ0n) is 8.70. The summed E-state index contributed by atoms with van der Waals surface area (Å²) in [5.74, 6) is 0.360. The van der Waals surface area contributed by atoms with E-state index in [1.807, 2.05) is 12.1 Å². The van der Waals surface area contributed by atoms with E-state index in [9.17, 15) is 5.11 Å². The number of fused-ring (bicyclic) bond motifs is 3. The molecule has 80 valence electrons. The number of hydrogen-bond donors (Lipinski definition) is 1. The normalized spacial score (nSPS) is 13.1. The Bertz CT molecular complexity index is 509. The fourth-order valence-electron chi connectivity index (χ4n) is 2.35. The Hall–Kier alpha value is -1.28. The van der Waals surface area contributed by atoms with Gasteiger partial charge in [-0.25, -0.2) is 0 Å². The molecule has 1 nitrogen and oxygen atoms in total. The molecule has 0 bridgehead atoms. The molecule has 0 saturated heterocycles. The summed E-state index contributed by atoms with van der Waals surface area (Å²) in [6.45, 7) is 0. The van der Waals surface area contributed by atoms with Crippen LogP contribution in [0.15, 0.2) is 40.9 Å². The predicted octanol–water partition coefficient (Wildman–Crippen LogP) is 3.92. The van der Waals surface area contributed by atoms with E-state index in [1.54, 1.807) is 6.07 Å². The maximum atomic E-state index is 9.47. The van der Waals surface area contributed by atoms with Crippen LogP contribution in [0.1, 0.15) is 11.1 Å². The first-order chi connectivity index (χ1) is 7.74. The van der Waals surface area contributed by atoms with Gasteiger partial charge >= 0.3 is 0 Å². The Morgan fingerprint density at radius 2 is 1.50 bits per heavy atom. The van der Waals surface area contributed by atoms with Gasteiger partial charge in [0.25, 0.3) is 0 Å². The minimum Gasteiger partial charge on any atom is -0.508 e. The van der Waals surface area contributed by atoms with E-state index in [4.69, 9.17) is 0 Å². The van der Waals surface area contributed by atoms with Crippen LogP contribution >= 0.6 is 15.9 Å². The molecular weight excluding hydrogens is 264 g/mol. The van der Waals surface area contributed by atoms with Crippen LogP contribution in [0.3, 0.4) is 0 Å². The van der Waals surface area contributed by atoms with Gasteiger partial charge < -0.3 is 5.11 Å². The van der Waals surface area contributed by atoms with Crippen molar-refractivity contribution in [1.82, 2.24) is 0 Å². The van der Waals surface area contributed by atoms with E-state index in [0.717, 1.165) is 17.3 Å². The largest absolute Gasteiger partial charge is 0.508 e. The van der Waals surface area contributed by atoms with Crippen molar-refractivity contribution in [2.45, 2.75) is 12.8 Å². The van der Waals surface area contributed by atoms with Crippen molar-refractivity contribution in [3.8, 4) is 16.9 Å². The molecule has 16 heavy (non-hydrogen) atoms. The smallest absolute Gasteiger partial charge is 0.115 e. The third-order valence-electron chi connectivity index (χ3n) is 3.11. The fraction of sp³-hybridized carbons (Fsp3) is 0.143. The summed E-state index contributed by atoms with van der Waals surface area (Å²) in [4.78, 5) is 0. The molecule has 0 unspecified atom stereocenters. The molecule has 1 N–H and O–H groups in total. The second-order valence-electron chi connectivity index (χ2n) is 4.14. The fourth-order valence-corrected chi connectivity index (χ4v) is 2.76. The Kier molecular flexibility index (Phi) is 2.25. The van der Waals surface area contributed by atoms with E-state index in [-0.39, 0.29) is 0 Å². The van der Waals surface area contributed by atoms with E-state index in [1.165, 1.54) is 22.3 Å². The van der Waals surface area contributed by atoms with Crippen LogP contribution in [0, 0.1) is 0 Å². The first-order valence-electron chi connectivity index (χ1n) is 5.35. The number of hydrogen-bond acceptors (Lipinski definition) is 1. The molecule has 0 radical (unpaired) electrons. The van der Waals surface area contributed by atoms with Crippen molar-refractivity contribution < 1.29 is 5.11 Å². The lowest BCUT2D eigenvalue weighted by molar-refractivity contribution is 0.474. The Balaban J connectivity index is 2.23. The zero-order valence-corrected chi connectivity index (χ0v) is 10.3. The lowest BCUT2D eigenvalue weighted by Gasteiger charge is -2.20. The van der Waals surface area contributed by atoms with Crippen LogP contribution < -0.4 is 0 Å². The average Bonchev–Trinajstić information content (AvgIpc) is 2.28. The van der Waals surface area contributed by atoms with Gasteiger partial charge in [-0.05, 0) is 59.4 Å². The van der Waals surface area contributed by atoms with Crippen LogP contribution in [0.25, 0.3) is 11.1 Å². The summed E-state index contributed by atoms with van der Waals surface area (Å²) >= 11 is 3.50. The minimum absolute atomic E-state index is 0.360. The third-order valence-corrected chi connectivity index (χ3v) is 3.60. The van der Waals surface area contributed by atoms with Gasteiger partial charge in [0.05, 0.1) is 0 Å². The quantitative estimate of drug-likeness (QED) is 0.772. The molecular formula is C14H11BrO.